The van der Waals surface area contributed by atoms with Crippen LogP contribution in [-0.4, -0.2) is 23.0 Å². The minimum atomic E-state index is -0.493. The van der Waals surface area contributed by atoms with Gasteiger partial charge in [-0.3, -0.25) is 14.4 Å². The number of nitrogens with one attached hydrogen (secondary N) is 3. The number of hydrogen-bond donors (Lipinski definition) is 3. The zero-order valence-electron chi connectivity index (χ0n) is 22.9. The number of anilines is 2. The standard InChI is InChI=1S/C33H30ClN3O3S/c1-21-12-13-22(2)29(18-21)36-31(38)23(3)41-28-11-7-10-27(20-28)35-33(40)30(19-24-14-16-26(34)17-15-24)37-32(39)25-8-5-4-6-9-25/h4-20,23H,1-3H3,(H,35,40)(H,36,38)(H,37,39)/b30-19-. The van der Waals surface area contributed by atoms with Gasteiger partial charge in [0.15, 0.2) is 0 Å². The van der Waals surface area contributed by atoms with Crippen molar-refractivity contribution in [3.8, 4) is 0 Å². The smallest absolute Gasteiger partial charge is 0.272 e. The van der Waals surface area contributed by atoms with Crippen LogP contribution in [0.2, 0.25) is 5.02 Å². The maximum absolute atomic E-state index is 13.4. The van der Waals surface area contributed by atoms with Crippen LogP contribution < -0.4 is 16.0 Å². The van der Waals surface area contributed by atoms with Crippen molar-refractivity contribution in [1.29, 1.82) is 0 Å². The number of benzene rings is 4. The van der Waals surface area contributed by atoms with Crippen molar-refractivity contribution in [2.45, 2.75) is 30.9 Å². The minimum absolute atomic E-state index is 0.0699. The van der Waals surface area contributed by atoms with Crippen molar-refractivity contribution >= 4 is 58.5 Å². The second kappa shape index (κ2) is 13.8. The normalized spacial score (nSPS) is 11.9. The molecule has 0 spiro atoms. The highest BCUT2D eigenvalue weighted by molar-refractivity contribution is 8.00. The zero-order chi connectivity index (χ0) is 29.4. The van der Waals surface area contributed by atoms with Crippen LogP contribution in [0.15, 0.2) is 108 Å². The highest BCUT2D eigenvalue weighted by atomic mass is 35.5. The topological polar surface area (TPSA) is 87.3 Å². The van der Waals surface area contributed by atoms with Crippen molar-refractivity contribution in [3.63, 3.8) is 0 Å². The number of rotatable bonds is 9. The summed E-state index contributed by atoms with van der Waals surface area (Å²) in [5, 5.41) is 8.78. The van der Waals surface area contributed by atoms with Crippen LogP contribution in [0.25, 0.3) is 6.08 Å². The number of carbonyl (C=O) groups excluding carboxylic acids is 3. The lowest BCUT2D eigenvalue weighted by molar-refractivity contribution is -0.115. The third-order valence-electron chi connectivity index (χ3n) is 6.13. The lowest BCUT2D eigenvalue weighted by atomic mass is 10.1. The molecule has 0 aromatic heterocycles. The number of amides is 3. The molecule has 3 N–H and O–H groups in total. The Hall–Kier alpha value is -4.33. The van der Waals surface area contributed by atoms with Crippen LogP contribution in [0.4, 0.5) is 11.4 Å². The van der Waals surface area contributed by atoms with Crippen LogP contribution in [0.5, 0.6) is 0 Å². The van der Waals surface area contributed by atoms with Gasteiger partial charge in [0.05, 0.1) is 5.25 Å². The monoisotopic (exact) mass is 583 g/mol. The molecule has 0 saturated carbocycles. The molecule has 208 valence electrons. The Morgan fingerprint density at radius 1 is 0.829 bits per heavy atom. The molecular formula is C33H30ClN3O3S. The summed E-state index contributed by atoms with van der Waals surface area (Å²) in [7, 11) is 0. The maximum Gasteiger partial charge on any atom is 0.272 e. The molecule has 8 heteroatoms. The first kappa shape index (κ1) is 29.6. The van der Waals surface area contributed by atoms with Crippen molar-refractivity contribution in [2.24, 2.45) is 0 Å². The van der Waals surface area contributed by atoms with Crippen LogP contribution >= 0.6 is 23.4 Å². The highest BCUT2D eigenvalue weighted by Crippen LogP contribution is 2.27. The average Bonchev–Trinajstić information content (AvgIpc) is 2.96. The summed E-state index contributed by atoms with van der Waals surface area (Å²) in [6.07, 6.45) is 1.59. The molecule has 4 aromatic carbocycles. The Kier molecular flexibility index (Phi) is 10.0. The number of thioether (sulfide) groups is 1. The van der Waals surface area contributed by atoms with E-state index >= 15 is 0 Å². The summed E-state index contributed by atoms with van der Waals surface area (Å²) in [5.74, 6) is -1.02. The minimum Gasteiger partial charge on any atom is -0.325 e. The molecule has 0 heterocycles. The van der Waals surface area contributed by atoms with Gasteiger partial charge in [-0.15, -0.1) is 11.8 Å². The summed E-state index contributed by atoms with van der Waals surface area (Å²) in [4.78, 5) is 39.9. The third-order valence-corrected chi connectivity index (χ3v) is 7.48. The fourth-order valence-electron chi connectivity index (χ4n) is 3.88. The summed E-state index contributed by atoms with van der Waals surface area (Å²) in [6.45, 7) is 5.77. The average molecular weight is 584 g/mol. The van der Waals surface area contributed by atoms with Crippen molar-refractivity contribution in [2.75, 3.05) is 10.6 Å². The molecule has 1 unspecified atom stereocenters. The molecule has 4 rings (SSSR count). The molecule has 3 amide bonds. The third kappa shape index (κ3) is 8.58. The van der Waals surface area contributed by atoms with E-state index in [1.54, 1.807) is 72.8 Å². The molecular weight excluding hydrogens is 554 g/mol. The first-order valence-corrected chi connectivity index (χ1v) is 14.2. The van der Waals surface area contributed by atoms with E-state index in [-0.39, 0.29) is 16.9 Å². The lowest BCUT2D eigenvalue weighted by Crippen LogP contribution is -2.30. The summed E-state index contributed by atoms with van der Waals surface area (Å²) in [5.41, 5.74) is 4.57. The predicted molar refractivity (Wildman–Crippen MR) is 168 cm³/mol. The number of hydrogen-bond acceptors (Lipinski definition) is 4. The fraction of sp³-hybridized carbons (Fsp3) is 0.121. The van der Waals surface area contributed by atoms with E-state index in [9.17, 15) is 14.4 Å². The highest BCUT2D eigenvalue weighted by Gasteiger charge is 2.18. The molecule has 0 aliphatic rings. The van der Waals surface area contributed by atoms with Gasteiger partial charge >= 0.3 is 0 Å². The molecule has 0 radical (unpaired) electrons. The van der Waals surface area contributed by atoms with Gasteiger partial charge in [0, 0.05) is 26.9 Å². The molecule has 0 aliphatic carbocycles. The van der Waals surface area contributed by atoms with Gasteiger partial charge in [-0.1, -0.05) is 60.1 Å². The maximum atomic E-state index is 13.4. The van der Waals surface area contributed by atoms with E-state index in [2.05, 4.69) is 16.0 Å². The van der Waals surface area contributed by atoms with Gasteiger partial charge < -0.3 is 16.0 Å². The van der Waals surface area contributed by atoms with E-state index in [1.807, 2.05) is 51.1 Å². The van der Waals surface area contributed by atoms with E-state index < -0.39 is 11.8 Å². The summed E-state index contributed by atoms with van der Waals surface area (Å²) < 4.78 is 0. The Morgan fingerprint density at radius 2 is 1.56 bits per heavy atom. The second-order valence-corrected chi connectivity index (χ2v) is 11.3. The SMILES string of the molecule is Cc1ccc(C)c(NC(=O)C(C)Sc2cccc(NC(=O)/C(=C/c3ccc(Cl)cc3)NC(=O)c3ccccc3)c2)c1. The first-order chi connectivity index (χ1) is 19.7. The molecule has 0 saturated heterocycles. The van der Waals surface area contributed by atoms with Gasteiger partial charge in [0.2, 0.25) is 5.91 Å². The van der Waals surface area contributed by atoms with Gasteiger partial charge in [0.25, 0.3) is 11.8 Å². The molecule has 0 bridgehead atoms. The van der Waals surface area contributed by atoms with Gasteiger partial charge in [-0.25, -0.2) is 0 Å². The molecule has 41 heavy (non-hydrogen) atoms. The van der Waals surface area contributed by atoms with Crippen LogP contribution in [0.3, 0.4) is 0 Å². The Labute approximate surface area is 249 Å². The number of halogens is 1. The van der Waals surface area contributed by atoms with Gasteiger partial charge in [-0.05, 0) is 92.1 Å². The zero-order valence-corrected chi connectivity index (χ0v) is 24.5. The van der Waals surface area contributed by atoms with Crippen molar-refractivity contribution < 1.29 is 14.4 Å². The van der Waals surface area contributed by atoms with Gasteiger partial charge in [-0.2, -0.15) is 0 Å². The van der Waals surface area contributed by atoms with Gasteiger partial charge in [0.1, 0.15) is 5.70 Å². The van der Waals surface area contributed by atoms with Crippen molar-refractivity contribution in [3.05, 3.63) is 130 Å². The van der Waals surface area contributed by atoms with E-state index in [0.717, 1.165) is 21.7 Å². The number of carbonyl (C=O) groups is 3. The Bertz CT molecular complexity index is 1590. The Morgan fingerprint density at radius 3 is 2.29 bits per heavy atom. The van der Waals surface area contributed by atoms with E-state index in [4.69, 9.17) is 11.6 Å². The Balaban J connectivity index is 1.48. The molecule has 6 nitrogen and oxygen atoms in total. The van der Waals surface area contributed by atoms with Crippen LogP contribution in [0.1, 0.15) is 34.0 Å². The first-order valence-electron chi connectivity index (χ1n) is 13.0. The van der Waals surface area contributed by atoms with E-state index in [1.165, 1.54) is 11.8 Å². The molecule has 1 atom stereocenters. The van der Waals surface area contributed by atoms with E-state index in [0.29, 0.717) is 21.8 Å². The fourth-order valence-corrected chi connectivity index (χ4v) is 4.93. The summed E-state index contributed by atoms with van der Waals surface area (Å²) >= 11 is 7.39. The predicted octanol–water partition coefficient (Wildman–Crippen LogP) is 7.49. The number of aryl methyl sites for hydroxylation is 2. The van der Waals surface area contributed by atoms with Crippen LogP contribution in [-0.2, 0) is 9.59 Å². The van der Waals surface area contributed by atoms with Crippen LogP contribution in [0, 0.1) is 13.8 Å². The molecule has 0 fully saturated rings. The second-order valence-electron chi connectivity index (χ2n) is 9.48. The summed E-state index contributed by atoms with van der Waals surface area (Å²) in [6, 6.07) is 28.8. The molecule has 0 aliphatic heterocycles. The quantitative estimate of drug-likeness (QED) is 0.141. The lowest BCUT2D eigenvalue weighted by Gasteiger charge is -2.15. The molecule has 4 aromatic rings. The largest absolute Gasteiger partial charge is 0.325 e. The van der Waals surface area contributed by atoms with Crippen molar-refractivity contribution in [1.82, 2.24) is 5.32 Å².